The summed E-state index contributed by atoms with van der Waals surface area (Å²) in [7, 11) is 1.65. The van der Waals surface area contributed by atoms with Gasteiger partial charge < -0.3 is 9.84 Å². The highest BCUT2D eigenvalue weighted by molar-refractivity contribution is 5.72. The number of hydrogen-bond acceptors (Lipinski definition) is 3. The zero-order valence-corrected chi connectivity index (χ0v) is 15.2. The number of aromatic hydroxyl groups is 1. The number of aryl methyl sites for hydroxylation is 1. The molecule has 25 heavy (non-hydrogen) atoms. The first-order chi connectivity index (χ1) is 12.0. The van der Waals surface area contributed by atoms with Gasteiger partial charge in [-0.05, 0) is 49.1 Å². The van der Waals surface area contributed by atoms with Crippen LogP contribution >= 0.6 is 0 Å². The fourth-order valence-electron chi connectivity index (χ4n) is 2.97. The molecule has 0 spiro atoms. The first-order valence-electron chi connectivity index (χ1n) is 8.52. The number of hydrogen-bond donors (Lipinski definition) is 1. The Kier molecular flexibility index (Phi) is 4.79. The standard InChI is InChI=1S/C21H24N2O2/c1-14(2)13-19-20(16-7-5-15(3)6-8-16)21(24)22-23(19)17-9-11-18(25-4)12-10-17/h5-12,14H,13H2,1-4H3,(H,22,24). The smallest absolute Gasteiger partial charge is 0.239 e. The van der Waals surface area contributed by atoms with Gasteiger partial charge in [0.1, 0.15) is 5.75 Å². The molecule has 130 valence electrons. The fourth-order valence-corrected chi connectivity index (χ4v) is 2.97. The maximum absolute atomic E-state index is 10.6. The number of methoxy groups -OCH3 is 1. The van der Waals surface area contributed by atoms with Gasteiger partial charge in [0.05, 0.1) is 24.1 Å². The van der Waals surface area contributed by atoms with Crippen LogP contribution in [0, 0.1) is 12.8 Å². The molecule has 0 radical (unpaired) electrons. The van der Waals surface area contributed by atoms with Crippen LogP contribution in [-0.4, -0.2) is 22.0 Å². The van der Waals surface area contributed by atoms with E-state index in [1.54, 1.807) is 7.11 Å². The summed E-state index contributed by atoms with van der Waals surface area (Å²) in [5.74, 6) is 1.30. The maximum Gasteiger partial charge on any atom is 0.239 e. The molecule has 0 aliphatic carbocycles. The van der Waals surface area contributed by atoms with E-state index in [4.69, 9.17) is 4.74 Å². The summed E-state index contributed by atoms with van der Waals surface area (Å²) in [6.07, 6.45) is 0.822. The fraction of sp³-hybridized carbons (Fsp3) is 0.286. The van der Waals surface area contributed by atoms with Crippen LogP contribution in [0.4, 0.5) is 0 Å². The predicted molar refractivity (Wildman–Crippen MR) is 100 cm³/mol. The van der Waals surface area contributed by atoms with E-state index < -0.39 is 0 Å². The van der Waals surface area contributed by atoms with Gasteiger partial charge in [0.25, 0.3) is 0 Å². The van der Waals surface area contributed by atoms with E-state index in [0.717, 1.165) is 34.7 Å². The Labute approximate surface area is 148 Å². The normalized spacial score (nSPS) is 11.1. The molecule has 1 aromatic heterocycles. The summed E-state index contributed by atoms with van der Waals surface area (Å²) < 4.78 is 7.07. The quantitative estimate of drug-likeness (QED) is 0.731. The average Bonchev–Trinajstić information content (AvgIpc) is 2.91. The zero-order valence-electron chi connectivity index (χ0n) is 15.2. The molecule has 2 aromatic carbocycles. The Morgan fingerprint density at radius 2 is 1.68 bits per heavy atom. The molecule has 0 saturated carbocycles. The first kappa shape index (κ1) is 17.1. The van der Waals surface area contributed by atoms with Gasteiger partial charge in [0.2, 0.25) is 5.88 Å². The lowest BCUT2D eigenvalue weighted by atomic mass is 9.99. The van der Waals surface area contributed by atoms with Crippen LogP contribution in [0.1, 0.15) is 25.1 Å². The molecule has 0 unspecified atom stereocenters. The van der Waals surface area contributed by atoms with Gasteiger partial charge in [0.15, 0.2) is 0 Å². The minimum atomic E-state index is 0.0651. The van der Waals surface area contributed by atoms with Crippen molar-refractivity contribution in [2.24, 2.45) is 5.92 Å². The van der Waals surface area contributed by atoms with Crippen LogP contribution in [0.15, 0.2) is 48.5 Å². The molecule has 0 aliphatic heterocycles. The SMILES string of the molecule is COc1ccc(-n2nc(O)c(-c3ccc(C)cc3)c2CC(C)C)cc1. The third-order valence-corrected chi connectivity index (χ3v) is 4.22. The Morgan fingerprint density at radius 1 is 1.04 bits per heavy atom. The van der Waals surface area contributed by atoms with E-state index in [0.29, 0.717) is 5.92 Å². The Balaban J connectivity index is 2.15. The van der Waals surface area contributed by atoms with Crippen molar-refractivity contribution in [2.75, 3.05) is 7.11 Å². The summed E-state index contributed by atoms with van der Waals surface area (Å²) >= 11 is 0. The Morgan fingerprint density at radius 3 is 2.24 bits per heavy atom. The lowest BCUT2D eigenvalue weighted by Crippen LogP contribution is -2.06. The van der Waals surface area contributed by atoms with Crippen LogP contribution in [0.5, 0.6) is 11.6 Å². The molecule has 0 saturated heterocycles. The molecule has 0 fully saturated rings. The van der Waals surface area contributed by atoms with E-state index in [9.17, 15) is 5.11 Å². The third-order valence-electron chi connectivity index (χ3n) is 4.22. The molecule has 4 nitrogen and oxygen atoms in total. The van der Waals surface area contributed by atoms with Crippen molar-refractivity contribution in [2.45, 2.75) is 27.2 Å². The van der Waals surface area contributed by atoms with Gasteiger partial charge in [-0.1, -0.05) is 43.7 Å². The minimum Gasteiger partial charge on any atom is -0.497 e. The number of nitrogens with zero attached hydrogens (tertiary/aromatic N) is 2. The highest BCUT2D eigenvalue weighted by Gasteiger charge is 2.20. The van der Waals surface area contributed by atoms with E-state index in [2.05, 4.69) is 38.0 Å². The van der Waals surface area contributed by atoms with Gasteiger partial charge in [-0.25, -0.2) is 4.68 Å². The van der Waals surface area contributed by atoms with Gasteiger partial charge >= 0.3 is 0 Å². The van der Waals surface area contributed by atoms with Crippen LogP contribution < -0.4 is 4.74 Å². The second kappa shape index (κ2) is 7.01. The van der Waals surface area contributed by atoms with Crippen molar-refractivity contribution in [3.63, 3.8) is 0 Å². The summed E-state index contributed by atoms with van der Waals surface area (Å²) in [5.41, 5.74) is 4.91. The number of aromatic nitrogens is 2. The lowest BCUT2D eigenvalue weighted by Gasteiger charge is -2.12. The van der Waals surface area contributed by atoms with Crippen LogP contribution in [0.25, 0.3) is 16.8 Å². The average molecular weight is 336 g/mol. The number of benzene rings is 2. The minimum absolute atomic E-state index is 0.0651. The van der Waals surface area contributed by atoms with Crippen molar-refractivity contribution in [3.8, 4) is 28.4 Å². The van der Waals surface area contributed by atoms with Crippen LogP contribution in [0.3, 0.4) is 0 Å². The summed E-state index contributed by atoms with van der Waals surface area (Å²) in [4.78, 5) is 0. The highest BCUT2D eigenvalue weighted by atomic mass is 16.5. The zero-order chi connectivity index (χ0) is 18.0. The molecule has 3 rings (SSSR count). The van der Waals surface area contributed by atoms with Crippen molar-refractivity contribution >= 4 is 0 Å². The third kappa shape index (κ3) is 3.53. The molecule has 0 atom stereocenters. The maximum atomic E-state index is 10.6. The van der Waals surface area contributed by atoms with E-state index in [1.807, 2.05) is 41.1 Å². The molecule has 4 heteroatoms. The van der Waals surface area contributed by atoms with E-state index >= 15 is 0 Å². The van der Waals surface area contributed by atoms with Gasteiger partial charge in [-0.2, -0.15) is 0 Å². The number of ether oxygens (including phenoxy) is 1. The van der Waals surface area contributed by atoms with Gasteiger partial charge in [-0.3, -0.25) is 0 Å². The van der Waals surface area contributed by atoms with Gasteiger partial charge in [0, 0.05) is 0 Å². The van der Waals surface area contributed by atoms with Crippen LogP contribution in [-0.2, 0) is 6.42 Å². The summed E-state index contributed by atoms with van der Waals surface area (Å²) in [6.45, 7) is 6.39. The summed E-state index contributed by atoms with van der Waals surface area (Å²) in [6, 6.07) is 15.9. The van der Waals surface area contributed by atoms with Crippen molar-refractivity contribution < 1.29 is 9.84 Å². The molecule has 3 aromatic rings. The molecular weight excluding hydrogens is 312 g/mol. The number of rotatable bonds is 5. The Bertz CT molecular complexity index is 847. The first-order valence-corrected chi connectivity index (χ1v) is 8.52. The molecule has 0 aliphatic rings. The Hall–Kier alpha value is -2.75. The predicted octanol–water partition coefficient (Wildman–Crippen LogP) is 4.76. The van der Waals surface area contributed by atoms with Crippen molar-refractivity contribution in [3.05, 3.63) is 59.8 Å². The van der Waals surface area contributed by atoms with Crippen LogP contribution in [0.2, 0.25) is 0 Å². The van der Waals surface area contributed by atoms with Crippen molar-refractivity contribution in [1.29, 1.82) is 0 Å². The summed E-state index contributed by atoms with van der Waals surface area (Å²) in [5, 5.41) is 15.0. The van der Waals surface area contributed by atoms with Crippen molar-refractivity contribution in [1.82, 2.24) is 9.78 Å². The molecule has 0 bridgehead atoms. The monoisotopic (exact) mass is 336 g/mol. The highest BCUT2D eigenvalue weighted by Crippen LogP contribution is 2.35. The second-order valence-corrected chi connectivity index (χ2v) is 6.72. The van der Waals surface area contributed by atoms with E-state index in [1.165, 1.54) is 5.56 Å². The lowest BCUT2D eigenvalue weighted by molar-refractivity contribution is 0.414. The molecule has 1 N–H and O–H groups in total. The topological polar surface area (TPSA) is 47.3 Å². The van der Waals surface area contributed by atoms with Gasteiger partial charge in [-0.15, -0.1) is 5.10 Å². The molecule has 0 amide bonds. The largest absolute Gasteiger partial charge is 0.497 e. The second-order valence-electron chi connectivity index (χ2n) is 6.72. The molecule has 1 heterocycles. The molecular formula is C21H24N2O2. The van der Waals surface area contributed by atoms with E-state index in [-0.39, 0.29) is 5.88 Å².